The number of aromatic hydroxyl groups is 6. The van der Waals surface area contributed by atoms with E-state index in [1.165, 1.54) is 12.5 Å². The fourth-order valence-electron chi connectivity index (χ4n) is 6.78. The number of aryl methyl sites for hydroxylation is 2. The standard InChI is InChI=1S/C35H41NO6/c1-16(2)26-21-12-18(5)28(31(38)22(21)14-25(37)33(26)40)29-19(6)13-23-27(17(3)4)35(42)32(39)24(30(23)34(29)41)15-36-20-10-8-7-9-11-20/h12-17,20,37-42H,7-11H2,1-6H3. The van der Waals surface area contributed by atoms with Crippen molar-refractivity contribution in [2.24, 2.45) is 4.99 Å². The highest BCUT2D eigenvalue weighted by Gasteiger charge is 2.28. The van der Waals surface area contributed by atoms with E-state index in [1.807, 2.05) is 53.7 Å². The lowest BCUT2D eigenvalue weighted by molar-refractivity contribution is 0.398. The number of hydrogen-bond acceptors (Lipinski definition) is 7. The predicted molar refractivity (Wildman–Crippen MR) is 169 cm³/mol. The lowest BCUT2D eigenvalue weighted by Gasteiger charge is -2.23. The summed E-state index contributed by atoms with van der Waals surface area (Å²) in [6, 6.07) is 5.17. The fourth-order valence-corrected chi connectivity index (χ4v) is 6.78. The molecule has 0 atom stereocenters. The van der Waals surface area contributed by atoms with Gasteiger partial charge in [-0.1, -0.05) is 59.1 Å². The second-order valence-electron chi connectivity index (χ2n) is 12.4. The normalized spacial score (nSPS) is 14.8. The molecule has 6 N–H and O–H groups in total. The Morgan fingerprint density at radius 1 is 0.643 bits per heavy atom. The molecular formula is C35H41NO6. The van der Waals surface area contributed by atoms with Gasteiger partial charge in [0.15, 0.2) is 23.0 Å². The summed E-state index contributed by atoms with van der Waals surface area (Å²) >= 11 is 0. The molecular weight excluding hydrogens is 530 g/mol. The molecule has 1 aliphatic carbocycles. The minimum Gasteiger partial charge on any atom is -0.507 e. The van der Waals surface area contributed by atoms with Crippen LogP contribution in [0.3, 0.4) is 0 Å². The molecule has 0 heterocycles. The zero-order chi connectivity index (χ0) is 30.6. The van der Waals surface area contributed by atoms with Gasteiger partial charge in [-0.05, 0) is 66.5 Å². The van der Waals surface area contributed by atoms with E-state index in [0.29, 0.717) is 54.9 Å². The van der Waals surface area contributed by atoms with Crippen molar-refractivity contribution in [1.82, 2.24) is 0 Å². The lowest BCUT2D eigenvalue weighted by atomic mass is 9.84. The Morgan fingerprint density at radius 2 is 1.19 bits per heavy atom. The van der Waals surface area contributed by atoms with E-state index in [1.54, 1.807) is 6.21 Å². The maximum Gasteiger partial charge on any atom is 0.167 e. The SMILES string of the molecule is Cc1cc2c(C(C)C)c(O)c(O)cc2c(O)c1-c1c(C)cc2c(C(C)C)c(O)c(O)c(C=NC3CCCCC3)c2c1O. The number of benzene rings is 4. The van der Waals surface area contributed by atoms with Gasteiger partial charge in [-0.25, -0.2) is 0 Å². The number of phenols is 6. The molecule has 42 heavy (non-hydrogen) atoms. The van der Waals surface area contributed by atoms with Crippen molar-refractivity contribution in [3.8, 4) is 45.6 Å². The number of fused-ring (bicyclic) bond motifs is 2. The third kappa shape index (κ3) is 4.65. The first kappa shape index (κ1) is 29.4. The molecule has 1 fully saturated rings. The first-order valence-electron chi connectivity index (χ1n) is 14.8. The summed E-state index contributed by atoms with van der Waals surface area (Å²) in [6.07, 6.45) is 6.83. The summed E-state index contributed by atoms with van der Waals surface area (Å²) < 4.78 is 0. The number of aliphatic imine (C=N–C) groups is 1. The number of hydrogen-bond donors (Lipinski definition) is 6. The first-order valence-corrected chi connectivity index (χ1v) is 14.8. The maximum atomic E-state index is 12.0. The fraction of sp³-hybridized carbons (Fsp3) is 0.400. The van der Waals surface area contributed by atoms with Crippen molar-refractivity contribution in [2.75, 3.05) is 0 Å². The van der Waals surface area contributed by atoms with E-state index in [2.05, 4.69) is 0 Å². The van der Waals surface area contributed by atoms with E-state index >= 15 is 0 Å². The minimum absolute atomic E-state index is 0.109. The Bertz CT molecular complexity index is 1750. The molecule has 1 aliphatic rings. The summed E-state index contributed by atoms with van der Waals surface area (Å²) in [5.74, 6) is -1.68. The molecule has 4 aromatic rings. The van der Waals surface area contributed by atoms with Gasteiger partial charge in [0, 0.05) is 50.8 Å². The van der Waals surface area contributed by atoms with Crippen LogP contribution in [0.5, 0.6) is 34.5 Å². The Labute approximate surface area is 246 Å². The van der Waals surface area contributed by atoms with Crippen molar-refractivity contribution < 1.29 is 30.6 Å². The zero-order valence-corrected chi connectivity index (χ0v) is 25.2. The summed E-state index contributed by atoms with van der Waals surface area (Å²) in [5.41, 5.74) is 3.36. The Morgan fingerprint density at radius 3 is 1.79 bits per heavy atom. The topological polar surface area (TPSA) is 134 Å². The quantitative estimate of drug-likeness (QED) is 0.105. The molecule has 222 valence electrons. The molecule has 7 heteroatoms. The van der Waals surface area contributed by atoms with Crippen LogP contribution in [-0.2, 0) is 0 Å². The highest BCUT2D eigenvalue weighted by Crippen LogP contribution is 2.53. The van der Waals surface area contributed by atoms with Gasteiger partial charge in [-0.2, -0.15) is 0 Å². The second-order valence-corrected chi connectivity index (χ2v) is 12.4. The molecule has 0 aromatic heterocycles. The van der Waals surface area contributed by atoms with E-state index in [9.17, 15) is 30.6 Å². The Kier molecular flexibility index (Phi) is 7.64. The summed E-state index contributed by atoms with van der Waals surface area (Å²) in [5, 5.41) is 69.1. The van der Waals surface area contributed by atoms with E-state index in [0.717, 1.165) is 25.7 Å². The molecule has 0 bridgehead atoms. The van der Waals surface area contributed by atoms with Crippen LogP contribution in [0.4, 0.5) is 0 Å². The number of rotatable bonds is 5. The van der Waals surface area contributed by atoms with Crippen molar-refractivity contribution >= 4 is 27.8 Å². The molecule has 0 saturated heterocycles. The van der Waals surface area contributed by atoms with Crippen LogP contribution in [-0.4, -0.2) is 42.9 Å². The molecule has 0 unspecified atom stereocenters. The van der Waals surface area contributed by atoms with Crippen molar-refractivity contribution in [3.05, 3.63) is 46.0 Å². The highest BCUT2D eigenvalue weighted by molar-refractivity contribution is 6.12. The lowest BCUT2D eigenvalue weighted by Crippen LogP contribution is -2.10. The summed E-state index contributed by atoms with van der Waals surface area (Å²) in [7, 11) is 0. The van der Waals surface area contributed by atoms with Gasteiger partial charge in [0.1, 0.15) is 11.5 Å². The van der Waals surface area contributed by atoms with Crippen LogP contribution >= 0.6 is 0 Å². The number of nitrogens with zero attached hydrogens (tertiary/aromatic N) is 1. The molecule has 0 spiro atoms. The highest BCUT2D eigenvalue weighted by atomic mass is 16.3. The van der Waals surface area contributed by atoms with E-state index in [-0.39, 0.29) is 57.9 Å². The molecule has 0 aliphatic heterocycles. The average molecular weight is 572 g/mol. The van der Waals surface area contributed by atoms with Crippen LogP contribution in [0, 0.1) is 13.8 Å². The monoisotopic (exact) mass is 571 g/mol. The molecule has 5 rings (SSSR count). The van der Waals surface area contributed by atoms with Gasteiger partial charge >= 0.3 is 0 Å². The van der Waals surface area contributed by atoms with Gasteiger partial charge < -0.3 is 30.6 Å². The maximum absolute atomic E-state index is 12.0. The van der Waals surface area contributed by atoms with Crippen LogP contribution in [0.15, 0.2) is 23.2 Å². The van der Waals surface area contributed by atoms with Crippen LogP contribution in [0.1, 0.15) is 99.5 Å². The third-order valence-electron chi connectivity index (χ3n) is 8.79. The first-order chi connectivity index (χ1) is 19.8. The largest absolute Gasteiger partial charge is 0.507 e. The van der Waals surface area contributed by atoms with Crippen molar-refractivity contribution in [1.29, 1.82) is 0 Å². The van der Waals surface area contributed by atoms with Gasteiger partial charge in [-0.3, -0.25) is 4.99 Å². The average Bonchev–Trinajstić information content (AvgIpc) is 2.92. The molecule has 1 saturated carbocycles. The van der Waals surface area contributed by atoms with Crippen LogP contribution < -0.4 is 0 Å². The van der Waals surface area contributed by atoms with E-state index < -0.39 is 0 Å². The van der Waals surface area contributed by atoms with Gasteiger partial charge in [0.25, 0.3) is 0 Å². The van der Waals surface area contributed by atoms with Gasteiger partial charge in [-0.15, -0.1) is 0 Å². The zero-order valence-electron chi connectivity index (χ0n) is 25.2. The van der Waals surface area contributed by atoms with Gasteiger partial charge in [0.2, 0.25) is 0 Å². The smallest absolute Gasteiger partial charge is 0.167 e. The molecule has 7 nitrogen and oxygen atoms in total. The predicted octanol–water partition coefficient (Wildman–Crippen LogP) is 8.51. The third-order valence-corrected chi connectivity index (χ3v) is 8.79. The Hall–Kier alpha value is -4.13. The molecule has 4 aromatic carbocycles. The number of phenolic OH excluding ortho intramolecular Hbond substituents is 6. The molecule has 0 amide bonds. The van der Waals surface area contributed by atoms with Crippen LogP contribution in [0.25, 0.3) is 32.7 Å². The van der Waals surface area contributed by atoms with Crippen molar-refractivity contribution in [3.63, 3.8) is 0 Å². The van der Waals surface area contributed by atoms with Gasteiger partial charge in [0.05, 0.1) is 0 Å². The Balaban J connectivity index is 1.87. The molecule has 0 radical (unpaired) electrons. The van der Waals surface area contributed by atoms with Crippen LogP contribution in [0.2, 0.25) is 0 Å². The minimum atomic E-state index is -0.336. The second kappa shape index (κ2) is 10.9. The summed E-state index contributed by atoms with van der Waals surface area (Å²) in [6.45, 7) is 11.3. The summed E-state index contributed by atoms with van der Waals surface area (Å²) in [4.78, 5) is 4.76. The van der Waals surface area contributed by atoms with E-state index in [4.69, 9.17) is 4.99 Å². The van der Waals surface area contributed by atoms with Crippen molar-refractivity contribution in [2.45, 2.75) is 91.5 Å².